The van der Waals surface area contributed by atoms with Crippen LogP contribution in [0.15, 0.2) is 42.5 Å². The van der Waals surface area contributed by atoms with E-state index in [0.29, 0.717) is 11.1 Å². The molecular formula is C21H27F2N4O2+. The fraction of sp³-hybridized carbons (Fsp3) is 0.333. The van der Waals surface area contributed by atoms with Crippen LogP contribution in [0.1, 0.15) is 42.7 Å². The van der Waals surface area contributed by atoms with Gasteiger partial charge in [0.1, 0.15) is 6.04 Å². The van der Waals surface area contributed by atoms with Gasteiger partial charge in [0.2, 0.25) is 0 Å². The van der Waals surface area contributed by atoms with E-state index in [1.807, 2.05) is 12.1 Å². The van der Waals surface area contributed by atoms with E-state index in [9.17, 15) is 18.4 Å². The lowest BCUT2D eigenvalue weighted by atomic mass is 10.1. The Morgan fingerprint density at radius 1 is 1.00 bits per heavy atom. The van der Waals surface area contributed by atoms with Crippen molar-refractivity contribution < 1.29 is 23.7 Å². The number of halogens is 2. The summed E-state index contributed by atoms with van der Waals surface area (Å²) in [6.45, 7) is 7.65. The Kier molecular flexibility index (Phi) is 8.09. The van der Waals surface area contributed by atoms with Gasteiger partial charge >= 0.3 is 0 Å². The highest BCUT2D eigenvalue weighted by Crippen LogP contribution is 2.15. The van der Waals surface area contributed by atoms with E-state index in [1.165, 1.54) is 6.07 Å². The largest absolute Gasteiger partial charge is 0.372 e. The molecule has 0 fully saturated rings. The summed E-state index contributed by atoms with van der Waals surface area (Å²) in [5.74, 6) is -2.66. The van der Waals surface area contributed by atoms with Crippen LogP contribution in [-0.2, 0) is 4.79 Å². The second kappa shape index (κ2) is 10.5. The minimum Gasteiger partial charge on any atom is -0.372 e. The molecule has 0 aliphatic rings. The number of amides is 2. The number of hydrazine groups is 1. The Morgan fingerprint density at radius 2 is 1.66 bits per heavy atom. The first-order chi connectivity index (χ1) is 13.8. The maximum absolute atomic E-state index is 13.3. The summed E-state index contributed by atoms with van der Waals surface area (Å²) >= 11 is 0. The molecule has 0 saturated heterocycles. The highest BCUT2D eigenvalue weighted by molar-refractivity contribution is 5.95. The van der Waals surface area contributed by atoms with E-state index in [-0.39, 0.29) is 12.6 Å². The van der Waals surface area contributed by atoms with Crippen LogP contribution in [-0.4, -0.2) is 31.4 Å². The van der Waals surface area contributed by atoms with E-state index in [0.717, 1.165) is 30.9 Å². The van der Waals surface area contributed by atoms with Crippen molar-refractivity contribution in [1.29, 1.82) is 0 Å². The Bertz CT molecular complexity index is 839. The van der Waals surface area contributed by atoms with E-state index < -0.39 is 23.4 Å². The SMILES string of the molecule is CCN(CC)c1ccc(C(=O)NNC(=O)C[NH2+][C@@H](C)c2ccc(F)c(F)c2)cc1. The number of quaternary nitrogens is 1. The van der Waals surface area contributed by atoms with Crippen LogP contribution in [0.25, 0.3) is 0 Å². The molecule has 156 valence electrons. The minimum absolute atomic E-state index is 0.0152. The molecule has 0 bridgehead atoms. The second-order valence-electron chi connectivity index (χ2n) is 6.62. The van der Waals surface area contributed by atoms with Gasteiger partial charge in [-0.25, -0.2) is 8.78 Å². The quantitative estimate of drug-likeness (QED) is 0.587. The van der Waals surface area contributed by atoms with Gasteiger partial charge in [0, 0.05) is 29.9 Å². The van der Waals surface area contributed by atoms with E-state index >= 15 is 0 Å². The smallest absolute Gasteiger partial charge is 0.293 e. The molecule has 0 aromatic heterocycles. The van der Waals surface area contributed by atoms with Crippen LogP contribution in [0.4, 0.5) is 14.5 Å². The number of hydrogen-bond donors (Lipinski definition) is 3. The number of hydrogen-bond acceptors (Lipinski definition) is 3. The van der Waals surface area contributed by atoms with Gasteiger partial charge in [-0.2, -0.15) is 0 Å². The lowest BCUT2D eigenvalue weighted by Crippen LogP contribution is -2.87. The lowest BCUT2D eigenvalue weighted by molar-refractivity contribution is -0.682. The van der Waals surface area contributed by atoms with Gasteiger partial charge in [0.15, 0.2) is 18.2 Å². The van der Waals surface area contributed by atoms with Crippen molar-refractivity contribution in [2.24, 2.45) is 0 Å². The van der Waals surface area contributed by atoms with E-state index in [4.69, 9.17) is 0 Å². The van der Waals surface area contributed by atoms with Crippen molar-refractivity contribution in [3.63, 3.8) is 0 Å². The Balaban J connectivity index is 1.80. The highest BCUT2D eigenvalue weighted by Gasteiger charge is 2.14. The molecule has 2 rings (SSSR count). The summed E-state index contributed by atoms with van der Waals surface area (Å²) in [6, 6.07) is 10.5. The second-order valence-corrected chi connectivity index (χ2v) is 6.62. The number of nitrogens with one attached hydrogen (secondary N) is 2. The number of benzene rings is 2. The molecule has 0 unspecified atom stereocenters. The van der Waals surface area contributed by atoms with Crippen molar-refractivity contribution in [1.82, 2.24) is 10.9 Å². The summed E-state index contributed by atoms with van der Waals surface area (Å²) in [7, 11) is 0. The van der Waals surface area contributed by atoms with Gasteiger partial charge in [-0.05, 0) is 63.2 Å². The fourth-order valence-electron chi connectivity index (χ4n) is 2.88. The normalized spacial score (nSPS) is 11.6. The van der Waals surface area contributed by atoms with Crippen LogP contribution in [0.5, 0.6) is 0 Å². The zero-order valence-corrected chi connectivity index (χ0v) is 16.8. The number of nitrogens with zero attached hydrogens (tertiary/aromatic N) is 1. The molecule has 8 heteroatoms. The van der Waals surface area contributed by atoms with Crippen LogP contribution in [0.2, 0.25) is 0 Å². The number of nitrogens with two attached hydrogens (primary N) is 1. The fourth-order valence-corrected chi connectivity index (χ4v) is 2.88. The molecule has 6 nitrogen and oxygen atoms in total. The van der Waals surface area contributed by atoms with Crippen molar-refractivity contribution in [3.8, 4) is 0 Å². The molecule has 0 heterocycles. The Hall–Kier alpha value is -3.00. The molecule has 2 aromatic carbocycles. The predicted octanol–water partition coefficient (Wildman–Crippen LogP) is 1.90. The van der Waals surface area contributed by atoms with Crippen molar-refractivity contribution in [3.05, 3.63) is 65.2 Å². The van der Waals surface area contributed by atoms with Gasteiger partial charge < -0.3 is 10.2 Å². The molecule has 0 radical (unpaired) electrons. The van der Waals surface area contributed by atoms with Crippen LogP contribution in [0.3, 0.4) is 0 Å². The van der Waals surface area contributed by atoms with E-state index in [2.05, 4.69) is 29.6 Å². The van der Waals surface area contributed by atoms with Gasteiger partial charge in [-0.3, -0.25) is 20.4 Å². The van der Waals surface area contributed by atoms with Crippen molar-refractivity contribution >= 4 is 17.5 Å². The molecule has 0 saturated carbocycles. The molecule has 0 aliphatic carbocycles. The first kappa shape index (κ1) is 22.3. The number of carbonyl (C=O) groups is 2. The first-order valence-electron chi connectivity index (χ1n) is 9.58. The molecule has 29 heavy (non-hydrogen) atoms. The average molecular weight is 405 g/mol. The van der Waals surface area contributed by atoms with Crippen LogP contribution < -0.4 is 21.1 Å². The third-order valence-electron chi connectivity index (χ3n) is 4.70. The van der Waals surface area contributed by atoms with Gasteiger partial charge in [-0.1, -0.05) is 0 Å². The minimum atomic E-state index is -0.925. The van der Waals surface area contributed by atoms with Crippen LogP contribution >= 0.6 is 0 Å². The monoisotopic (exact) mass is 405 g/mol. The molecule has 1 atom stereocenters. The van der Waals surface area contributed by atoms with E-state index in [1.54, 1.807) is 24.4 Å². The highest BCUT2D eigenvalue weighted by atomic mass is 19.2. The molecule has 2 aromatic rings. The molecule has 4 N–H and O–H groups in total. The number of carbonyl (C=O) groups excluding carboxylic acids is 2. The molecule has 0 aliphatic heterocycles. The average Bonchev–Trinajstić information content (AvgIpc) is 2.73. The standard InChI is InChI=1S/C21H26F2N4O2/c1-4-27(5-2)17-9-6-15(7-10-17)21(29)26-25-20(28)13-24-14(3)16-8-11-18(22)19(23)12-16/h6-12,14,24H,4-5,13H2,1-3H3,(H,25,28)(H,26,29)/p+1/t14-/m0/s1. The third kappa shape index (κ3) is 6.25. The predicted molar refractivity (Wildman–Crippen MR) is 107 cm³/mol. The van der Waals surface area contributed by atoms with Crippen molar-refractivity contribution in [2.45, 2.75) is 26.8 Å². The molecule has 2 amide bonds. The summed E-state index contributed by atoms with van der Waals surface area (Å²) in [6.07, 6.45) is 0. The number of anilines is 1. The number of rotatable bonds is 8. The van der Waals surface area contributed by atoms with Crippen LogP contribution in [0, 0.1) is 11.6 Å². The summed E-state index contributed by atoms with van der Waals surface area (Å²) in [5.41, 5.74) is 6.75. The van der Waals surface area contributed by atoms with Gasteiger partial charge in [0.05, 0.1) is 0 Å². The molecule has 0 spiro atoms. The Morgan fingerprint density at radius 3 is 2.24 bits per heavy atom. The van der Waals surface area contributed by atoms with Gasteiger partial charge in [-0.15, -0.1) is 0 Å². The zero-order chi connectivity index (χ0) is 21.4. The summed E-state index contributed by atoms with van der Waals surface area (Å²) < 4.78 is 26.3. The maximum Gasteiger partial charge on any atom is 0.293 e. The summed E-state index contributed by atoms with van der Waals surface area (Å²) in [4.78, 5) is 26.3. The van der Waals surface area contributed by atoms with Crippen molar-refractivity contribution in [2.75, 3.05) is 24.5 Å². The lowest BCUT2D eigenvalue weighted by Gasteiger charge is -2.21. The topological polar surface area (TPSA) is 78.1 Å². The molecular weight excluding hydrogens is 378 g/mol. The zero-order valence-electron chi connectivity index (χ0n) is 16.8. The van der Waals surface area contributed by atoms with Gasteiger partial charge in [0.25, 0.3) is 11.8 Å². The third-order valence-corrected chi connectivity index (χ3v) is 4.70. The Labute approximate surface area is 169 Å². The summed E-state index contributed by atoms with van der Waals surface area (Å²) in [5, 5.41) is 1.66. The first-order valence-corrected chi connectivity index (χ1v) is 9.58. The maximum atomic E-state index is 13.3.